The average molecular weight is 431 g/mol. The smallest absolute Gasteiger partial charge is 0.267 e. The van der Waals surface area contributed by atoms with Crippen LogP contribution in [0.3, 0.4) is 0 Å². The van der Waals surface area contributed by atoms with Gasteiger partial charge in [-0.1, -0.05) is 30.0 Å². The monoisotopic (exact) mass is 430 g/mol. The van der Waals surface area contributed by atoms with E-state index >= 15 is 0 Å². The van der Waals surface area contributed by atoms with E-state index in [-0.39, 0.29) is 17.6 Å². The van der Waals surface area contributed by atoms with Crippen LogP contribution in [-0.2, 0) is 9.53 Å². The van der Waals surface area contributed by atoms with Gasteiger partial charge in [0.2, 0.25) is 0 Å². The molecule has 0 aromatic carbocycles. The number of nitrogens with zero attached hydrogens (tertiary/aromatic N) is 4. The first kappa shape index (κ1) is 20.1. The van der Waals surface area contributed by atoms with Crippen LogP contribution in [0, 0.1) is 6.92 Å². The van der Waals surface area contributed by atoms with Gasteiger partial charge in [-0.2, -0.15) is 0 Å². The van der Waals surface area contributed by atoms with Gasteiger partial charge in [0.05, 0.1) is 23.1 Å². The molecule has 0 radical (unpaired) electrons. The fraction of sp³-hybridized carbons (Fsp3) is 0.400. The van der Waals surface area contributed by atoms with Gasteiger partial charge in [-0.05, 0) is 37.5 Å². The Morgan fingerprint density at radius 3 is 2.90 bits per heavy atom. The average Bonchev–Trinajstić information content (AvgIpc) is 3.28. The Balaban J connectivity index is 1.76. The van der Waals surface area contributed by atoms with Gasteiger partial charge in [0.1, 0.15) is 15.8 Å². The lowest BCUT2D eigenvalue weighted by Crippen LogP contribution is -2.35. The molecular formula is C20H22N4O3S2. The minimum Gasteiger partial charge on any atom is -0.376 e. The highest BCUT2D eigenvalue weighted by atomic mass is 32.2. The second kappa shape index (κ2) is 7.89. The van der Waals surface area contributed by atoms with Gasteiger partial charge in [-0.3, -0.25) is 18.9 Å². The Morgan fingerprint density at radius 2 is 2.21 bits per heavy atom. The summed E-state index contributed by atoms with van der Waals surface area (Å²) in [5, 5.41) is 0. The van der Waals surface area contributed by atoms with E-state index in [4.69, 9.17) is 17.0 Å². The van der Waals surface area contributed by atoms with Crippen molar-refractivity contribution in [1.29, 1.82) is 0 Å². The largest absolute Gasteiger partial charge is 0.376 e. The van der Waals surface area contributed by atoms with Crippen molar-refractivity contribution in [1.82, 2.24) is 14.3 Å². The van der Waals surface area contributed by atoms with E-state index < -0.39 is 0 Å². The minimum atomic E-state index is -0.216. The summed E-state index contributed by atoms with van der Waals surface area (Å²) in [4.78, 5) is 34.7. The molecule has 1 unspecified atom stereocenters. The first-order valence-electron chi connectivity index (χ1n) is 9.43. The minimum absolute atomic E-state index is 0.0186. The maximum atomic E-state index is 13.2. The third-order valence-corrected chi connectivity index (χ3v) is 6.42. The Kier molecular flexibility index (Phi) is 5.46. The van der Waals surface area contributed by atoms with Gasteiger partial charge in [0.25, 0.3) is 11.5 Å². The molecule has 7 nitrogen and oxygen atoms in total. The number of carbonyl (C=O) groups excluding carboxylic acids is 1. The standard InChI is InChI=1S/C20H22N4O3S2/c1-12-6-4-8-23-16(12)21-17(22(2)3)14(18(23)25)10-15-19(26)24(20(28)29-15)11-13-7-5-9-27-13/h4,6,8,10,13H,5,7,9,11H2,1-3H3/b15-10-. The SMILES string of the molecule is Cc1cccn2c(=O)c(/C=C3\SC(=S)N(CC4CCCO4)C3=O)c(N(C)C)nc12. The van der Waals surface area contributed by atoms with Crippen molar-refractivity contribution in [3.63, 3.8) is 0 Å². The number of thiocarbonyl (C=S) groups is 1. The van der Waals surface area contributed by atoms with Gasteiger partial charge in [0.15, 0.2) is 0 Å². The number of rotatable bonds is 4. The van der Waals surface area contributed by atoms with Crippen LogP contribution < -0.4 is 10.5 Å². The molecule has 0 bridgehead atoms. The number of pyridine rings is 1. The molecule has 0 saturated carbocycles. The second-order valence-corrected chi connectivity index (χ2v) is 9.04. The highest BCUT2D eigenvalue weighted by Gasteiger charge is 2.35. The number of amides is 1. The molecule has 29 heavy (non-hydrogen) atoms. The maximum absolute atomic E-state index is 13.2. The molecule has 2 aliphatic rings. The lowest BCUT2D eigenvalue weighted by molar-refractivity contribution is -0.123. The van der Waals surface area contributed by atoms with Crippen molar-refractivity contribution in [2.75, 3.05) is 32.1 Å². The van der Waals surface area contributed by atoms with E-state index in [1.165, 1.54) is 16.2 Å². The zero-order chi connectivity index (χ0) is 20.7. The third-order valence-electron chi connectivity index (χ3n) is 5.05. The number of aryl methyl sites for hydroxylation is 1. The number of hydrogen-bond donors (Lipinski definition) is 0. The summed E-state index contributed by atoms with van der Waals surface area (Å²) in [6.07, 6.45) is 5.26. The molecule has 4 heterocycles. The predicted molar refractivity (Wildman–Crippen MR) is 119 cm³/mol. The van der Waals surface area contributed by atoms with Gasteiger partial charge < -0.3 is 9.64 Å². The van der Waals surface area contributed by atoms with Gasteiger partial charge in [-0.15, -0.1) is 0 Å². The van der Waals surface area contributed by atoms with Crippen LogP contribution >= 0.6 is 24.0 Å². The van der Waals surface area contributed by atoms with Crippen molar-refractivity contribution < 1.29 is 9.53 Å². The summed E-state index contributed by atoms with van der Waals surface area (Å²) in [6.45, 7) is 3.09. The Morgan fingerprint density at radius 1 is 1.41 bits per heavy atom. The lowest BCUT2D eigenvalue weighted by Gasteiger charge is -2.18. The Labute approximate surface area is 178 Å². The van der Waals surface area contributed by atoms with Crippen LogP contribution in [0.4, 0.5) is 5.82 Å². The van der Waals surface area contributed by atoms with Crippen molar-refractivity contribution >= 4 is 51.7 Å². The number of thioether (sulfide) groups is 1. The molecule has 9 heteroatoms. The number of ether oxygens (including phenoxy) is 1. The van der Waals surface area contributed by atoms with Gasteiger partial charge >= 0.3 is 0 Å². The summed E-state index contributed by atoms with van der Waals surface area (Å²) >= 11 is 6.64. The van der Waals surface area contributed by atoms with Crippen LogP contribution in [0.5, 0.6) is 0 Å². The third kappa shape index (κ3) is 3.70. The van der Waals surface area contributed by atoms with E-state index in [0.29, 0.717) is 32.8 Å². The number of anilines is 1. The number of aromatic nitrogens is 2. The van der Waals surface area contributed by atoms with Crippen molar-refractivity contribution in [3.05, 3.63) is 44.7 Å². The normalized spacial score (nSPS) is 21.0. The maximum Gasteiger partial charge on any atom is 0.267 e. The van der Waals surface area contributed by atoms with Crippen LogP contribution in [0.2, 0.25) is 0 Å². The van der Waals surface area contributed by atoms with Crippen LogP contribution in [0.15, 0.2) is 28.0 Å². The number of fused-ring (bicyclic) bond motifs is 1. The van der Waals surface area contributed by atoms with E-state index in [9.17, 15) is 9.59 Å². The van der Waals surface area contributed by atoms with Crippen molar-refractivity contribution in [2.24, 2.45) is 0 Å². The molecule has 2 aromatic rings. The second-order valence-electron chi connectivity index (χ2n) is 7.36. The fourth-order valence-electron chi connectivity index (χ4n) is 3.55. The summed E-state index contributed by atoms with van der Waals surface area (Å²) < 4.78 is 7.65. The quantitative estimate of drug-likeness (QED) is 0.545. The van der Waals surface area contributed by atoms with Crippen molar-refractivity contribution in [2.45, 2.75) is 25.9 Å². The Bertz CT molecular complexity index is 1090. The molecule has 2 saturated heterocycles. The fourth-order valence-corrected chi connectivity index (χ4v) is 4.80. The van der Waals surface area contributed by atoms with Crippen molar-refractivity contribution in [3.8, 4) is 0 Å². The number of carbonyl (C=O) groups is 1. The molecule has 1 amide bonds. The van der Waals surface area contributed by atoms with E-state index in [2.05, 4.69) is 4.98 Å². The summed E-state index contributed by atoms with van der Waals surface area (Å²) in [7, 11) is 3.66. The first-order valence-corrected chi connectivity index (χ1v) is 10.7. The first-order chi connectivity index (χ1) is 13.9. The molecule has 2 fully saturated rings. The van der Waals surface area contributed by atoms with E-state index in [0.717, 1.165) is 25.0 Å². The lowest BCUT2D eigenvalue weighted by atomic mass is 10.2. The molecule has 0 aliphatic carbocycles. The highest BCUT2D eigenvalue weighted by molar-refractivity contribution is 8.26. The van der Waals surface area contributed by atoms with E-state index in [1.54, 1.807) is 22.1 Å². The zero-order valence-electron chi connectivity index (χ0n) is 16.5. The highest BCUT2D eigenvalue weighted by Crippen LogP contribution is 2.34. The molecule has 2 aromatic heterocycles. The predicted octanol–water partition coefficient (Wildman–Crippen LogP) is 2.45. The molecule has 0 spiro atoms. The van der Waals surface area contributed by atoms with Crippen LogP contribution in [0.25, 0.3) is 11.7 Å². The molecule has 1 atom stereocenters. The molecule has 152 valence electrons. The molecular weight excluding hydrogens is 408 g/mol. The van der Waals surface area contributed by atoms with Crippen LogP contribution in [0.1, 0.15) is 24.0 Å². The summed E-state index contributed by atoms with van der Waals surface area (Å²) in [5.41, 5.74) is 1.66. The van der Waals surface area contributed by atoms with E-state index in [1.807, 2.05) is 33.2 Å². The molecule has 0 N–H and O–H groups in total. The zero-order valence-corrected chi connectivity index (χ0v) is 18.2. The van der Waals surface area contributed by atoms with Gasteiger partial charge in [-0.25, -0.2) is 4.98 Å². The van der Waals surface area contributed by atoms with Crippen LogP contribution in [-0.4, -0.2) is 57.9 Å². The molecule has 2 aliphatic heterocycles. The topological polar surface area (TPSA) is 67.2 Å². The summed E-state index contributed by atoms with van der Waals surface area (Å²) in [5.74, 6) is 0.336. The Hall–Kier alpha value is -2.23. The number of hydrogen-bond acceptors (Lipinski definition) is 7. The van der Waals surface area contributed by atoms with Gasteiger partial charge in [0, 0.05) is 26.9 Å². The summed E-state index contributed by atoms with van der Waals surface area (Å²) in [6, 6.07) is 3.72. The molecule has 4 rings (SSSR count).